The highest BCUT2D eigenvalue weighted by molar-refractivity contribution is 6.10. The molecule has 3 saturated heterocycles. The van der Waals surface area contributed by atoms with E-state index < -0.39 is 83.8 Å². The number of fused-ring (bicyclic) bond motifs is 3. The number of aryl methyl sites for hydroxylation is 2. The molecule has 8 amide bonds. The number of hydrogen-bond donors (Lipinski definition) is 5. The first-order chi connectivity index (χ1) is 53.9. The van der Waals surface area contributed by atoms with E-state index >= 15 is 0 Å². The van der Waals surface area contributed by atoms with Gasteiger partial charge in [0.2, 0.25) is 35.4 Å². The van der Waals surface area contributed by atoms with Crippen LogP contribution in [-0.2, 0) is 54.9 Å². The van der Waals surface area contributed by atoms with Crippen LogP contribution in [0.4, 0.5) is 29.1 Å². The Morgan fingerprint density at radius 2 is 1.02 bits per heavy atom. The number of nitrogens with two attached hydrogens (primary N) is 2. The zero-order valence-electron chi connectivity index (χ0n) is 60.5. The number of pyridine rings is 3. The monoisotopic (exact) mass is 1540 g/mol. The number of primary amides is 2. The molecular weight excluding hydrogens is 1460 g/mol. The van der Waals surface area contributed by atoms with E-state index in [2.05, 4.69) is 55.9 Å². The molecule has 0 bridgehead atoms. The average Bonchev–Trinajstić information content (AvgIpc) is 1.64. The third-order valence-corrected chi connectivity index (χ3v) is 19.4. The van der Waals surface area contributed by atoms with Gasteiger partial charge in [0.05, 0.1) is 48.6 Å². The Hall–Kier alpha value is -13.8. The molecule has 0 spiro atoms. The summed E-state index contributed by atoms with van der Waals surface area (Å²) >= 11 is 0. The topological polar surface area (TPSA) is 369 Å². The van der Waals surface area contributed by atoms with E-state index in [1.165, 1.54) is 46.3 Å². The summed E-state index contributed by atoms with van der Waals surface area (Å²) in [6.45, 7) is 3.69. The molecule has 113 heavy (non-hydrogen) atoms. The molecule has 0 unspecified atom stereocenters. The Labute approximate surface area is 643 Å². The molecule has 3 aliphatic heterocycles. The molecule has 7 N–H and O–H groups in total. The zero-order valence-corrected chi connectivity index (χ0v) is 60.5. The fourth-order valence-electron chi connectivity index (χ4n) is 14.0. The lowest BCUT2D eigenvalue weighted by Crippen LogP contribution is -2.46. The van der Waals surface area contributed by atoms with Gasteiger partial charge in [0.25, 0.3) is 11.8 Å². The summed E-state index contributed by atoms with van der Waals surface area (Å²) in [6, 6.07) is 32.0. The van der Waals surface area contributed by atoms with Crippen molar-refractivity contribution in [3.63, 3.8) is 0 Å². The fraction of sp³-hybridized carbons (Fsp3) is 0.247. The van der Waals surface area contributed by atoms with E-state index in [0.717, 1.165) is 43.7 Å². The van der Waals surface area contributed by atoms with Crippen molar-refractivity contribution in [2.45, 2.75) is 110 Å². The Kier molecular flexibility index (Phi) is 24.0. The number of halogens is 4. The van der Waals surface area contributed by atoms with Crippen molar-refractivity contribution in [1.82, 2.24) is 73.8 Å². The van der Waals surface area contributed by atoms with Gasteiger partial charge in [-0.3, -0.25) is 57.8 Å². The second kappa shape index (κ2) is 34.4. The molecule has 32 heteroatoms. The number of hydrogen-bond acceptors (Lipinski definition) is 17. The van der Waals surface area contributed by atoms with Gasteiger partial charge in [-0.05, 0) is 116 Å². The minimum Gasteiger partial charge on any atom is -0.366 e. The van der Waals surface area contributed by atoms with Crippen LogP contribution < -0.4 is 27.4 Å². The molecule has 4 aromatic carbocycles. The number of alkyl halides is 3. The summed E-state index contributed by atoms with van der Waals surface area (Å²) in [7, 11) is 0. The first kappa shape index (κ1) is 78.8. The van der Waals surface area contributed by atoms with Crippen LogP contribution >= 0.6 is 0 Å². The number of carbonyl (C=O) groups excluding carboxylic acids is 9. The molecular formula is C81H77F4N19O9. The van der Waals surface area contributed by atoms with E-state index in [1.54, 1.807) is 151 Å². The number of ketones is 1. The van der Waals surface area contributed by atoms with Crippen LogP contribution in [0.3, 0.4) is 0 Å². The molecule has 3 aliphatic rings. The van der Waals surface area contributed by atoms with Crippen molar-refractivity contribution in [2.24, 2.45) is 11.5 Å². The lowest BCUT2D eigenvalue weighted by atomic mass is 10.0. The van der Waals surface area contributed by atoms with Crippen LogP contribution in [0.15, 0.2) is 190 Å². The van der Waals surface area contributed by atoms with Gasteiger partial charge in [0, 0.05) is 130 Å². The molecule has 6 atom stereocenters. The molecule has 28 nitrogen and oxygen atoms in total. The maximum Gasteiger partial charge on any atom is 0.269 e. The minimum atomic E-state index is -1.41. The van der Waals surface area contributed by atoms with Gasteiger partial charge in [-0.2, -0.15) is 5.10 Å². The number of aromatic nitrogens is 11. The van der Waals surface area contributed by atoms with E-state index in [9.17, 15) is 60.7 Å². The Balaban J connectivity index is 0.000000156. The Bertz CT molecular complexity index is 5600. The largest absolute Gasteiger partial charge is 0.366 e. The number of benzene rings is 4. The van der Waals surface area contributed by atoms with Crippen LogP contribution in [0.25, 0.3) is 66.1 Å². The van der Waals surface area contributed by atoms with Gasteiger partial charge >= 0.3 is 0 Å². The van der Waals surface area contributed by atoms with E-state index in [0.29, 0.717) is 55.7 Å². The lowest BCUT2D eigenvalue weighted by Gasteiger charge is -2.24. The molecule has 15 rings (SSSR count). The quantitative estimate of drug-likeness (QED) is 0.0372. The normalized spacial score (nSPS) is 17.0. The average molecular weight is 1540 g/mol. The zero-order chi connectivity index (χ0) is 79.0. The van der Waals surface area contributed by atoms with Crippen molar-refractivity contribution in [3.8, 4) is 33.4 Å². The maximum atomic E-state index is 14.4. The standard InChI is InChI=1S/C28H26FN5O3.C27H24F2N6O3.C25H23FN8O3.CH4/c1-18(35)24-16-33(25-8-7-19(11-23(24)25)20-5-4-9-30-13-20)17-27(36)34-15-21(29)12-26(34)28(37)32-14-22-6-2-3-10-31-22;1-15-3-2-4-21(25(15)29)33-27(38)23-8-18(28)11-35(23)24(36)13-34-12-20(26(30)37)19-7-16(5-6-22(19)34)17-9-31-14-32-10-17;1-14-3-2-4-21(30-14)31-25(37)20-8-17(26)11-33(20)22(35)12-34-19-6-5-15(16-9-28-13-29-10-16)7-18(19)23(32-34)24(27)36;/h2-11,13,16,21,26H,12,14-15,17H2,1H3,(H,32,37);2-7,9-10,12,14,18,23H,8,11,13H2,1H3,(H2,30,37)(H,33,38);2-7,9-10,13,17,20H,8,11-12H2,1H3,(H2,27,36)(H,30,31,37);1H4/t21-,26+;18-,23+;17-,20+;/m111./s1. The van der Waals surface area contributed by atoms with E-state index in [4.69, 9.17) is 11.5 Å². The molecule has 0 aliphatic carbocycles. The number of nitrogens with zero attached hydrogens (tertiary/aromatic N) is 14. The van der Waals surface area contributed by atoms with Crippen molar-refractivity contribution < 1.29 is 60.7 Å². The maximum absolute atomic E-state index is 14.4. The highest BCUT2D eigenvalue weighted by Crippen LogP contribution is 2.34. The SMILES string of the molecule is C.CC(=O)c1cn(CC(=O)N2C[C@H](F)C[C@H]2C(=O)NCc2ccccn2)c2ccc(-c3cccnc3)cc12.Cc1cccc(NC(=O)[C@@H]2C[C@@H](F)CN2C(=O)Cn2cc(C(N)=O)c3cc(-c4cncnc4)ccc32)c1F.Cc1cccc(NC(=O)[C@@H]2C[C@@H](F)CN2C(=O)Cn2nc(C(N)=O)c3cc(-c4cncnc4)ccc32)n1. The van der Waals surface area contributed by atoms with E-state index in [-0.39, 0.29) is 101 Å². The van der Waals surface area contributed by atoms with E-state index in [1.807, 2.05) is 36.4 Å². The minimum absolute atomic E-state index is 0. The van der Waals surface area contributed by atoms with Crippen LogP contribution in [0.5, 0.6) is 0 Å². The van der Waals surface area contributed by atoms with Crippen LogP contribution in [0, 0.1) is 19.7 Å². The molecule has 3 fully saturated rings. The summed E-state index contributed by atoms with van der Waals surface area (Å²) in [4.78, 5) is 148. The molecule has 0 saturated carbocycles. The van der Waals surface area contributed by atoms with Gasteiger partial charge in [0.15, 0.2) is 11.5 Å². The second-order valence-electron chi connectivity index (χ2n) is 27.1. The predicted octanol–water partition coefficient (Wildman–Crippen LogP) is 9.29. The molecule has 0 radical (unpaired) electrons. The first-order valence-electron chi connectivity index (χ1n) is 35.5. The Morgan fingerprint density at radius 1 is 0.504 bits per heavy atom. The summed E-state index contributed by atoms with van der Waals surface area (Å²) in [6.07, 6.45) is 13.1. The van der Waals surface area contributed by atoms with Gasteiger partial charge in [0.1, 0.15) is 80.6 Å². The van der Waals surface area contributed by atoms with Gasteiger partial charge in [-0.15, -0.1) is 0 Å². The smallest absolute Gasteiger partial charge is 0.269 e. The third kappa shape index (κ3) is 17.8. The third-order valence-electron chi connectivity index (χ3n) is 19.4. The number of likely N-dealkylation sites (tertiary alicyclic amines) is 3. The van der Waals surface area contributed by atoms with Crippen molar-refractivity contribution in [2.75, 3.05) is 30.3 Å². The summed E-state index contributed by atoms with van der Waals surface area (Å²) in [5.41, 5.74) is 20.1. The molecule has 8 aromatic heterocycles. The number of anilines is 2. The fourth-order valence-corrected chi connectivity index (χ4v) is 14.0. The van der Waals surface area contributed by atoms with Crippen molar-refractivity contribution in [3.05, 3.63) is 229 Å². The van der Waals surface area contributed by atoms with Crippen LogP contribution in [0.1, 0.15) is 81.8 Å². The van der Waals surface area contributed by atoms with Gasteiger partial charge in [-0.1, -0.05) is 56.0 Å². The molecule has 12 aromatic rings. The molecule has 578 valence electrons. The van der Waals surface area contributed by atoms with Crippen LogP contribution in [-0.4, -0.2) is 178 Å². The summed E-state index contributed by atoms with van der Waals surface area (Å²) < 4.78 is 62.1. The Morgan fingerprint density at radius 3 is 1.55 bits per heavy atom. The second-order valence-corrected chi connectivity index (χ2v) is 27.1. The van der Waals surface area contributed by atoms with Crippen molar-refractivity contribution in [1.29, 1.82) is 0 Å². The highest BCUT2D eigenvalue weighted by atomic mass is 19.1. The van der Waals surface area contributed by atoms with Gasteiger partial charge in [-0.25, -0.2) is 42.5 Å². The highest BCUT2D eigenvalue weighted by Gasteiger charge is 2.43. The molecule has 11 heterocycles. The van der Waals surface area contributed by atoms with Gasteiger partial charge < -0.3 is 51.3 Å². The first-order valence-corrected chi connectivity index (χ1v) is 35.5. The summed E-state index contributed by atoms with van der Waals surface area (Å²) in [5, 5.41) is 13.9. The summed E-state index contributed by atoms with van der Waals surface area (Å²) in [5.74, 6) is -4.87. The number of nitrogens with one attached hydrogen (secondary N) is 3. The lowest BCUT2D eigenvalue weighted by molar-refractivity contribution is -0.139. The number of amides is 8. The number of carbonyl (C=O) groups is 9. The van der Waals surface area contributed by atoms with Crippen molar-refractivity contribution >= 4 is 97.3 Å². The number of rotatable bonds is 19. The predicted molar refractivity (Wildman–Crippen MR) is 411 cm³/mol. The number of Topliss-reactive ketones (excluding diaryl/α,β-unsaturated/α-hetero) is 1. The van der Waals surface area contributed by atoms with Crippen LogP contribution in [0.2, 0.25) is 0 Å².